The molecule has 3 N–H and O–H groups in total. The molecule has 0 atom stereocenters. The molecule has 1 aliphatic rings. The largest absolute Gasteiger partial charge is 0.508 e. The number of carbonyl (C=O) groups excluding carboxylic acids is 1. The van der Waals surface area contributed by atoms with Crippen LogP contribution in [0.4, 0.5) is 5.69 Å². The number of benzene rings is 2. The summed E-state index contributed by atoms with van der Waals surface area (Å²) in [6.07, 6.45) is 0. The fraction of sp³-hybridized carbons (Fsp3) is 0.350. The topological polar surface area (TPSA) is 66.2 Å². The van der Waals surface area contributed by atoms with Crippen molar-refractivity contribution in [1.82, 2.24) is 5.32 Å². The summed E-state index contributed by atoms with van der Waals surface area (Å²) in [6, 6.07) is 14.4. The standard InChI is InChI=1S/C20H24ClN3O3/c21-16-1-7-19(8-2-16)27-14-9-22-20(26)15-23-10-12-24(13-11-23)17-3-5-18(25)6-4-17/h1-8,25H,9-15H2,(H,22,26)/p+1. The number of ether oxygens (including phenoxy) is 1. The van der Waals surface area contributed by atoms with Crippen LogP contribution in [-0.2, 0) is 4.79 Å². The summed E-state index contributed by atoms with van der Waals surface area (Å²) in [5.74, 6) is 1.06. The molecular formula is C20H25ClN3O3+. The molecule has 27 heavy (non-hydrogen) atoms. The Morgan fingerprint density at radius 2 is 1.78 bits per heavy atom. The lowest BCUT2D eigenvalue weighted by Crippen LogP contribution is -3.16. The van der Waals surface area contributed by atoms with Crippen LogP contribution in [0.15, 0.2) is 48.5 Å². The lowest BCUT2D eigenvalue weighted by molar-refractivity contribution is -0.892. The fourth-order valence-corrected chi connectivity index (χ4v) is 3.23. The minimum absolute atomic E-state index is 0.0442. The highest BCUT2D eigenvalue weighted by Gasteiger charge is 2.22. The summed E-state index contributed by atoms with van der Waals surface area (Å²) >= 11 is 5.83. The lowest BCUT2D eigenvalue weighted by atomic mass is 10.2. The molecule has 3 rings (SSSR count). The number of aromatic hydroxyl groups is 1. The van der Waals surface area contributed by atoms with Gasteiger partial charge in [-0.05, 0) is 48.5 Å². The number of nitrogens with zero attached hydrogens (tertiary/aromatic N) is 1. The first-order valence-corrected chi connectivity index (χ1v) is 9.50. The Labute approximate surface area is 164 Å². The highest BCUT2D eigenvalue weighted by molar-refractivity contribution is 6.30. The second-order valence-electron chi connectivity index (χ2n) is 6.58. The van der Waals surface area contributed by atoms with Gasteiger partial charge in [-0.2, -0.15) is 0 Å². The maximum Gasteiger partial charge on any atom is 0.275 e. The van der Waals surface area contributed by atoms with E-state index in [-0.39, 0.29) is 11.7 Å². The van der Waals surface area contributed by atoms with Crippen molar-refractivity contribution in [1.29, 1.82) is 0 Å². The Balaban J connectivity index is 1.32. The molecule has 1 amide bonds. The van der Waals surface area contributed by atoms with Crippen LogP contribution in [0.5, 0.6) is 11.5 Å². The van der Waals surface area contributed by atoms with Crippen LogP contribution in [0, 0.1) is 0 Å². The zero-order chi connectivity index (χ0) is 19.1. The molecule has 0 bridgehead atoms. The summed E-state index contributed by atoms with van der Waals surface area (Å²) < 4.78 is 5.57. The number of quaternary nitrogens is 1. The maximum atomic E-state index is 12.1. The quantitative estimate of drug-likeness (QED) is 0.616. The monoisotopic (exact) mass is 390 g/mol. The first-order chi connectivity index (χ1) is 13.1. The predicted octanol–water partition coefficient (Wildman–Crippen LogP) is 0.946. The second kappa shape index (κ2) is 9.48. The average molecular weight is 391 g/mol. The minimum Gasteiger partial charge on any atom is -0.508 e. The summed E-state index contributed by atoms with van der Waals surface area (Å²) in [6.45, 7) is 5.00. The molecule has 1 saturated heterocycles. The first kappa shape index (κ1) is 19.3. The number of halogens is 1. The molecule has 6 nitrogen and oxygen atoms in total. The minimum atomic E-state index is 0.0442. The van der Waals surface area contributed by atoms with Gasteiger partial charge in [0.1, 0.15) is 18.1 Å². The van der Waals surface area contributed by atoms with E-state index in [0.717, 1.165) is 37.6 Å². The highest BCUT2D eigenvalue weighted by Crippen LogP contribution is 2.18. The van der Waals surface area contributed by atoms with Crippen LogP contribution in [0.3, 0.4) is 0 Å². The van der Waals surface area contributed by atoms with E-state index in [1.807, 2.05) is 24.3 Å². The molecule has 0 aliphatic carbocycles. The molecule has 0 radical (unpaired) electrons. The number of amides is 1. The zero-order valence-corrected chi connectivity index (χ0v) is 15.9. The molecule has 0 saturated carbocycles. The van der Waals surface area contributed by atoms with Gasteiger partial charge in [-0.1, -0.05) is 11.6 Å². The number of rotatable bonds is 7. The summed E-state index contributed by atoms with van der Waals surface area (Å²) in [5.41, 5.74) is 1.11. The summed E-state index contributed by atoms with van der Waals surface area (Å²) in [4.78, 5) is 15.7. The van der Waals surface area contributed by atoms with Gasteiger partial charge in [0.2, 0.25) is 0 Å². The molecule has 1 heterocycles. The van der Waals surface area contributed by atoms with Gasteiger partial charge in [0.15, 0.2) is 6.54 Å². The van der Waals surface area contributed by atoms with Gasteiger partial charge < -0.3 is 25.0 Å². The van der Waals surface area contributed by atoms with Crippen molar-refractivity contribution in [3.05, 3.63) is 53.6 Å². The number of anilines is 1. The zero-order valence-electron chi connectivity index (χ0n) is 15.2. The maximum absolute atomic E-state index is 12.1. The van der Waals surface area contributed by atoms with E-state index in [1.54, 1.807) is 24.3 Å². The smallest absolute Gasteiger partial charge is 0.275 e. The number of phenolic OH excluding ortho intramolecular Hbond substituents is 1. The van der Waals surface area contributed by atoms with E-state index < -0.39 is 0 Å². The molecule has 2 aromatic carbocycles. The van der Waals surface area contributed by atoms with Crippen LogP contribution in [0.1, 0.15) is 0 Å². The molecule has 7 heteroatoms. The molecule has 0 spiro atoms. The molecule has 0 aromatic heterocycles. The first-order valence-electron chi connectivity index (χ1n) is 9.13. The molecule has 2 aromatic rings. The van der Waals surface area contributed by atoms with Gasteiger partial charge in [-0.3, -0.25) is 4.79 Å². The van der Waals surface area contributed by atoms with E-state index in [9.17, 15) is 9.90 Å². The van der Waals surface area contributed by atoms with Crippen LogP contribution >= 0.6 is 11.6 Å². The van der Waals surface area contributed by atoms with Crippen LogP contribution in [-0.4, -0.2) is 56.9 Å². The Kier molecular flexibility index (Phi) is 6.79. The van der Waals surface area contributed by atoms with Gasteiger partial charge in [0, 0.05) is 10.7 Å². The van der Waals surface area contributed by atoms with Crippen molar-refractivity contribution in [3.8, 4) is 11.5 Å². The Morgan fingerprint density at radius 1 is 1.11 bits per heavy atom. The van der Waals surface area contributed by atoms with E-state index in [0.29, 0.717) is 24.7 Å². The number of carbonyl (C=O) groups is 1. The average Bonchev–Trinajstić information content (AvgIpc) is 2.68. The summed E-state index contributed by atoms with van der Waals surface area (Å²) in [5, 5.41) is 13.0. The SMILES string of the molecule is O=C(C[NH+]1CCN(c2ccc(O)cc2)CC1)NCCOc1ccc(Cl)cc1. The number of nitrogens with one attached hydrogen (secondary N) is 2. The van der Waals surface area contributed by atoms with E-state index >= 15 is 0 Å². The fourth-order valence-electron chi connectivity index (χ4n) is 3.10. The van der Waals surface area contributed by atoms with E-state index in [2.05, 4.69) is 10.2 Å². The lowest BCUT2D eigenvalue weighted by Gasteiger charge is -2.33. The Bertz CT molecular complexity index is 729. The van der Waals surface area contributed by atoms with Gasteiger partial charge in [0.05, 0.1) is 32.7 Å². The van der Waals surface area contributed by atoms with Gasteiger partial charge in [-0.15, -0.1) is 0 Å². The van der Waals surface area contributed by atoms with Crippen molar-refractivity contribution in [3.63, 3.8) is 0 Å². The van der Waals surface area contributed by atoms with E-state index in [1.165, 1.54) is 4.90 Å². The van der Waals surface area contributed by atoms with E-state index in [4.69, 9.17) is 16.3 Å². The van der Waals surface area contributed by atoms with Crippen molar-refractivity contribution >= 4 is 23.2 Å². The van der Waals surface area contributed by atoms with Crippen molar-refractivity contribution in [2.24, 2.45) is 0 Å². The van der Waals surface area contributed by atoms with Crippen LogP contribution < -0.4 is 19.9 Å². The van der Waals surface area contributed by atoms with Gasteiger partial charge in [0.25, 0.3) is 5.91 Å². The third-order valence-electron chi connectivity index (χ3n) is 4.60. The predicted molar refractivity (Wildman–Crippen MR) is 106 cm³/mol. The van der Waals surface area contributed by atoms with Crippen molar-refractivity contribution in [2.45, 2.75) is 0 Å². The molecule has 0 unspecified atom stereocenters. The molecular weight excluding hydrogens is 366 g/mol. The number of hydrogen-bond acceptors (Lipinski definition) is 4. The van der Waals surface area contributed by atoms with Crippen LogP contribution in [0.25, 0.3) is 0 Å². The van der Waals surface area contributed by atoms with Gasteiger partial charge >= 0.3 is 0 Å². The van der Waals surface area contributed by atoms with Gasteiger partial charge in [-0.25, -0.2) is 0 Å². The van der Waals surface area contributed by atoms with Crippen molar-refractivity contribution < 1.29 is 19.5 Å². The number of phenols is 1. The third-order valence-corrected chi connectivity index (χ3v) is 4.85. The number of piperazine rings is 1. The number of hydrogen-bond donors (Lipinski definition) is 3. The normalized spacial score (nSPS) is 14.8. The highest BCUT2D eigenvalue weighted by atomic mass is 35.5. The molecule has 144 valence electrons. The van der Waals surface area contributed by atoms with Crippen molar-refractivity contribution in [2.75, 3.05) is 50.8 Å². The van der Waals surface area contributed by atoms with Crippen LogP contribution in [0.2, 0.25) is 5.02 Å². The Morgan fingerprint density at radius 3 is 2.44 bits per heavy atom. The molecule has 1 aliphatic heterocycles. The molecule has 1 fully saturated rings. The Hall–Kier alpha value is -2.44. The second-order valence-corrected chi connectivity index (χ2v) is 7.02. The summed E-state index contributed by atoms with van der Waals surface area (Å²) in [7, 11) is 0. The third kappa shape index (κ3) is 6.05.